The molecule has 0 unspecified atom stereocenters. The average molecular weight is 341 g/mol. The summed E-state index contributed by atoms with van der Waals surface area (Å²) in [6.07, 6.45) is 6.71. The van der Waals surface area contributed by atoms with Gasteiger partial charge < -0.3 is 10.2 Å². The molecule has 2 saturated heterocycles. The van der Waals surface area contributed by atoms with Crippen LogP contribution in [0.25, 0.3) is 0 Å². The van der Waals surface area contributed by atoms with Crippen LogP contribution in [0.15, 0.2) is 18.2 Å². The van der Waals surface area contributed by atoms with Crippen LogP contribution in [-0.2, 0) is 4.79 Å². The number of fused-ring (bicyclic) bond motifs is 1. The number of hydrogen-bond donors (Lipinski definition) is 1. The summed E-state index contributed by atoms with van der Waals surface area (Å²) in [5, 5.41) is 3.88. The molecule has 0 aromatic heterocycles. The van der Waals surface area contributed by atoms with E-state index in [1.165, 1.54) is 38.8 Å². The van der Waals surface area contributed by atoms with Crippen LogP contribution in [0.5, 0.6) is 0 Å². The van der Waals surface area contributed by atoms with E-state index in [-0.39, 0.29) is 5.91 Å². The molecule has 1 amide bonds. The van der Waals surface area contributed by atoms with Crippen molar-refractivity contribution in [1.29, 1.82) is 0 Å². The first-order valence-corrected chi connectivity index (χ1v) is 8.88. The molecule has 0 bridgehead atoms. The summed E-state index contributed by atoms with van der Waals surface area (Å²) in [5.41, 5.74) is 0.534. The van der Waals surface area contributed by atoms with Gasteiger partial charge in [0.05, 0.1) is 15.7 Å². The third kappa shape index (κ3) is 3.58. The Balaban J connectivity index is 1.63. The molecular formula is C17H22Cl2N2O. The number of benzene rings is 1. The van der Waals surface area contributed by atoms with Gasteiger partial charge in [-0.25, -0.2) is 0 Å². The van der Waals surface area contributed by atoms with Gasteiger partial charge in [0.2, 0.25) is 5.91 Å². The van der Waals surface area contributed by atoms with Crippen LogP contribution in [0.4, 0.5) is 5.69 Å². The van der Waals surface area contributed by atoms with E-state index in [1.54, 1.807) is 18.2 Å². The molecule has 2 aliphatic rings. The molecule has 0 aliphatic carbocycles. The number of carbonyl (C=O) groups excluding carboxylic acids is 1. The summed E-state index contributed by atoms with van der Waals surface area (Å²) >= 11 is 12.2. The van der Waals surface area contributed by atoms with Crippen molar-refractivity contribution in [2.75, 3.05) is 18.4 Å². The fraction of sp³-hybridized carbons (Fsp3) is 0.588. The molecule has 5 heteroatoms. The summed E-state index contributed by atoms with van der Waals surface area (Å²) in [5.74, 6) is 0.475. The average Bonchev–Trinajstić information content (AvgIpc) is 2.51. The molecule has 0 radical (unpaired) electrons. The van der Waals surface area contributed by atoms with Gasteiger partial charge in [-0.1, -0.05) is 35.7 Å². The van der Waals surface area contributed by atoms with Crippen molar-refractivity contribution in [3.8, 4) is 0 Å². The highest BCUT2D eigenvalue weighted by Crippen LogP contribution is 2.34. The first-order chi connectivity index (χ1) is 10.6. The number of para-hydroxylation sites is 1. The Morgan fingerprint density at radius 2 is 1.86 bits per heavy atom. The van der Waals surface area contributed by atoms with Crippen LogP contribution in [0.1, 0.15) is 38.5 Å². The Kier molecular flexibility index (Phi) is 5.27. The lowest BCUT2D eigenvalue weighted by molar-refractivity contribution is -0.118. The van der Waals surface area contributed by atoms with Crippen LogP contribution < -0.4 is 5.32 Å². The van der Waals surface area contributed by atoms with Crippen LogP contribution in [-0.4, -0.2) is 29.9 Å². The SMILES string of the molecule is O=C(C[C@H]1CCCN2CCCC[C@H]12)Nc1c(Cl)cccc1Cl. The zero-order valence-corrected chi connectivity index (χ0v) is 14.2. The van der Waals surface area contributed by atoms with E-state index in [9.17, 15) is 4.79 Å². The number of piperidine rings is 2. The molecule has 1 aromatic carbocycles. The van der Waals surface area contributed by atoms with Gasteiger partial charge in [-0.3, -0.25) is 4.79 Å². The molecule has 1 N–H and O–H groups in total. The molecule has 0 spiro atoms. The highest BCUT2D eigenvalue weighted by Gasteiger charge is 2.34. The number of nitrogens with one attached hydrogen (secondary N) is 1. The van der Waals surface area contributed by atoms with Crippen molar-refractivity contribution >= 4 is 34.8 Å². The quantitative estimate of drug-likeness (QED) is 0.872. The molecule has 2 fully saturated rings. The van der Waals surface area contributed by atoms with E-state index >= 15 is 0 Å². The molecule has 2 heterocycles. The van der Waals surface area contributed by atoms with Crippen molar-refractivity contribution in [3.63, 3.8) is 0 Å². The number of anilines is 1. The normalized spacial score (nSPS) is 25.5. The lowest BCUT2D eigenvalue weighted by Gasteiger charge is -2.44. The van der Waals surface area contributed by atoms with Crippen molar-refractivity contribution in [3.05, 3.63) is 28.2 Å². The Morgan fingerprint density at radius 3 is 2.64 bits per heavy atom. The lowest BCUT2D eigenvalue weighted by atomic mass is 9.81. The van der Waals surface area contributed by atoms with Crippen molar-refractivity contribution in [1.82, 2.24) is 4.90 Å². The number of halogens is 2. The van der Waals surface area contributed by atoms with E-state index in [0.717, 1.165) is 6.42 Å². The van der Waals surface area contributed by atoms with Crippen LogP contribution in [0, 0.1) is 5.92 Å². The van der Waals surface area contributed by atoms with E-state index in [1.807, 2.05) is 0 Å². The third-order valence-corrected chi connectivity index (χ3v) is 5.53. The van der Waals surface area contributed by atoms with Gasteiger partial charge in [0, 0.05) is 12.5 Å². The van der Waals surface area contributed by atoms with Gasteiger partial charge in [0.1, 0.15) is 0 Å². The van der Waals surface area contributed by atoms with Crippen molar-refractivity contribution in [2.24, 2.45) is 5.92 Å². The minimum atomic E-state index is 0.0208. The molecule has 2 atom stereocenters. The summed E-state index contributed by atoms with van der Waals surface area (Å²) in [6.45, 7) is 2.39. The second-order valence-corrected chi connectivity index (χ2v) is 7.16. The number of rotatable bonds is 3. The van der Waals surface area contributed by atoms with Crippen LogP contribution in [0.3, 0.4) is 0 Å². The predicted molar refractivity (Wildman–Crippen MR) is 91.6 cm³/mol. The largest absolute Gasteiger partial charge is 0.324 e. The zero-order chi connectivity index (χ0) is 15.5. The highest BCUT2D eigenvalue weighted by atomic mass is 35.5. The maximum absolute atomic E-state index is 12.4. The highest BCUT2D eigenvalue weighted by molar-refractivity contribution is 6.39. The van der Waals surface area contributed by atoms with Gasteiger partial charge in [-0.05, 0) is 56.8 Å². The molecule has 1 aromatic rings. The zero-order valence-electron chi connectivity index (χ0n) is 12.7. The van der Waals surface area contributed by atoms with Gasteiger partial charge in [-0.2, -0.15) is 0 Å². The lowest BCUT2D eigenvalue weighted by Crippen LogP contribution is -2.48. The standard InChI is InChI=1S/C17H22Cl2N2O/c18-13-6-3-7-14(19)17(13)20-16(22)11-12-5-4-10-21-9-2-1-8-15(12)21/h3,6-7,12,15H,1-2,4-5,8-11H2,(H,20,22)/t12-,15-/m1/s1. The Labute approximate surface area is 142 Å². The van der Waals surface area contributed by atoms with Crippen molar-refractivity contribution in [2.45, 2.75) is 44.6 Å². The first kappa shape index (κ1) is 16.1. The van der Waals surface area contributed by atoms with Crippen LogP contribution in [0.2, 0.25) is 10.0 Å². The van der Waals surface area contributed by atoms with E-state index in [2.05, 4.69) is 10.2 Å². The van der Waals surface area contributed by atoms with Crippen molar-refractivity contribution < 1.29 is 4.79 Å². The summed E-state index contributed by atoms with van der Waals surface area (Å²) in [6, 6.07) is 5.84. The van der Waals surface area contributed by atoms with E-state index < -0.39 is 0 Å². The Bertz CT molecular complexity index is 527. The molecule has 2 aliphatic heterocycles. The maximum Gasteiger partial charge on any atom is 0.224 e. The molecule has 3 nitrogen and oxygen atoms in total. The predicted octanol–water partition coefficient (Wildman–Crippen LogP) is 4.59. The van der Waals surface area contributed by atoms with E-state index in [4.69, 9.17) is 23.2 Å². The molecule has 22 heavy (non-hydrogen) atoms. The Morgan fingerprint density at radius 1 is 1.14 bits per heavy atom. The number of hydrogen-bond acceptors (Lipinski definition) is 2. The summed E-state index contributed by atoms with van der Waals surface area (Å²) in [4.78, 5) is 15.0. The second-order valence-electron chi connectivity index (χ2n) is 6.35. The first-order valence-electron chi connectivity index (χ1n) is 8.13. The second kappa shape index (κ2) is 7.20. The molecule has 3 rings (SSSR count). The molecule has 120 valence electrons. The number of nitrogens with zero attached hydrogens (tertiary/aromatic N) is 1. The fourth-order valence-electron chi connectivity index (χ4n) is 3.86. The third-order valence-electron chi connectivity index (χ3n) is 4.90. The van der Waals surface area contributed by atoms with Gasteiger partial charge >= 0.3 is 0 Å². The molecular weight excluding hydrogens is 319 g/mol. The fourth-order valence-corrected chi connectivity index (χ4v) is 4.35. The maximum atomic E-state index is 12.4. The topological polar surface area (TPSA) is 32.3 Å². The monoisotopic (exact) mass is 340 g/mol. The van der Waals surface area contributed by atoms with Crippen LogP contribution >= 0.6 is 23.2 Å². The smallest absolute Gasteiger partial charge is 0.224 e. The van der Waals surface area contributed by atoms with E-state index in [0.29, 0.717) is 34.1 Å². The van der Waals surface area contributed by atoms with Gasteiger partial charge in [-0.15, -0.1) is 0 Å². The van der Waals surface area contributed by atoms with Gasteiger partial charge in [0.15, 0.2) is 0 Å². The summed E-state index contributed by atoms with van der Waals surface area (Å²) < 4.78 is 0. The Hall–Kier alpha value is -0.770. The number of amides is 1. The summed E-state index contributed by atoms with van der Waals surface area (Å²) in [7, 11) is 0. The molecule has 0 saturated carbocycles. The minimum absolute atomic E-state index is 0.0208. The minimum Gasteiger partial charge on any atom is -0.324 e. The number of carbonyl (C=O) groups is 1. The van der Waals surface area contributed by atoms with Gasteiger partial charge in [0.25, 0.3) is 0 Å².